The lowest BCUT2D eigenvalue weighted by Crippen LogP contribution is -2.42. The van der Waals surface area contributed by atoms with Gasteiger partial charge in [-0.15, -0.1) is 0 Å². The molecule has 1 fully saturated rings. The molecule has 168 valence electrons. The lowest BCUT2D eigenvalue weighted by molar-refractivity contribution is -0.136. The Hall–Kier alpha value is -2.97. The summed E-state index contributed by atoms with van der Waals surface area (Å²) in [6.45, 7) is 0.669. The third-order valence-corrected chi connectivity index (χ3v) is 7.42. The molecule has 0 aromatic heterocycles. The number of aliphatic carboxylic acids is 1. The molecule has 1 heterocycles. The van der Waals surface area contributed by atoms with Gasteiger partial charge in [-0.05, 0) is 47.6 Å². The summed E-state index contributed by atoms with van der Waals surface area (Å²) < 4.78 is 47.0. The van der Waals surface area contributed by atoms with Crippen molar-refractivity contribution in [1.29, 1.82) is 0 Å². The van der Waals surface area contributed by atoms with Crippen molar-refractivity contribution >= 4 is 26.8 Å². The predicted molar refractivity (Wildman–Crippen MR) is 120 cm³/mol. The van der Waals surface area contributed by atoms with Crippen LogP contribution >= 0.6 is 0 Å². The van der Waals surface area contributed by atoms with E-state index in [0.717, 1.165) is 5.56 Å². The molecule has 32 heavy (non-hydrogen) atoms. The molecule has 4 rings (SSSR count). The summed E-state index contributed by atoms with van der Waals surface area (Å²) in [5, 5.41) is 10.4. The number of carboxylic acids is 1. The molecule has 0 amide bonds. The summed E-state index contributed by atoms with van der Waals surface area (Å²) in [5.74, 6) is -0.992. The Morgan fingerprint density at radius 2 is 1.75 bits per heavy atom. The highest BCUT2D eigenvalue weighted by molar-refractivity contribution is 7.88. The summed E-state index contributed by atoms with van der Waals surface area (Å²) in [5.41, 5.74) is 1.31. The van der Waals surface area contributed by atoms with E-state index < -0.39 is 21.8 Å². The van der Waals surface area contributed by atoms with Crippen LogP contribution in [0.25, 0.3) is 10.8 Å². The molecule has 0 aliphatic carbocycles. The minimum absolute atomic E-state index is 0.0412. The van der Waals surface area contributed by atoms with Crippen molar-refractivity contribution in [3.05, 3.63) is 77.6 Å². The second kappa shape index (κ2) is 9.26. The zero-order chi connectivity index (χ0) is 22.7. The normalized spacial score (nSPS) is 15.7. The van der Waals surface area contributed by atoms with Crippen molar-refractivity contribution in [2.75, 3.05) is 13.1 Å². The van der Waals surface area contributed by atoms with Crippen molar-refractivity contribution in [1.82, 2.24) is 4.31 Å². The molecule has 0 saturated carbocycles. The largest absolute Gasteiger partial charge is 0.490 e. The number of hydrogen-bond donors (Lipinski definition) is 1. The Morgan fingerprint density at radius 1 is 1.03 bits per heavy atom. The molecule has 1 N–H and O–H groups in total. The summed E-state index contributed by atoms with van der Waals surface area (Å²) in [6.07, 6.45) is 0.576. The number of rotatable bonds is 7. The molecule has 0 spiro atoms. The molecule has 0 bridgehead atoms. The van der Waals surface area contributed by atoms with E-state index >= 15 is 0 Å². The van der Waals surface area contributed by atoms with Crippen molar-refractivity contribution in [3.8, 4) is 5.75 Å². The van der Waals surface area contributed by atoms with E-state index in [9.17, 15) is 17.6 Å². The third kappa shape index (κ3) is 5.26. The number of fused-ring (bicyclic) bond motifs is 1. The molecule has 1 saturated heterocycles. The van der Waals surface area contributed by atoms with Crippen LogP contribution in [0.1, 0.15) is 24.0 Å². The number of benzene rings is 3. The van der Waals surface area contributed by atoms with E-state index in [1.54, 1.807) is 30.3 Å². The van der Waals surface area contributed by atoms with E-state index in [4.69, 9.17) is 9.84 Å². The number of hydrogen-bond acceptors (Lipinski definition) is 4. The molecule has 6 nitrogen and oxygen atoms in total. The van der Waals surface area contributed by atoms with Gasteiger partial charge in [-0.1, -0.05) is 42.5 Å². The Morgan fingerprint density at radius 3 is 2.44 bits per heavy atom. The first-order chi connectivity index (χ1) is 15.3. The van der Waals surface area contributed by atoms with E-state index in [-0.39, 0.29) is 18.3 Å². The Balaban J connectivity index is 1.48. The molecule has 3 aromatic rings. The SMILES string of the molecule is O=C(O)Cc1cc(OC2CCN(S(=O)(=O)Cc3ccccc3)CC2)c2cc(F)ccc2c1. The van der Waals surface area contributed by atoms with E-state index in [0.29, 0.717) is 48.0 Å². The predicted octanol–water partition coefficient (Wildman–Crippen LogP) is 3.98. The fourth-order valence-corrected chi connectivity index (χ4v) is 5.58. The maximum Gasteiger partial charge on any atom is 0.307 e. The quantitative estimate of drug-likeness (QED) is 0.580. The lowest BCUT2D eigenvalue weighted by Gasteiger charge is -2.31. The number of carbonyl (C=O) groups is 1. The van der Waals surface area contributed by atoms with Gasteiger partial charge < -0.3 is 9.84 Å². The fourth-order valence-electron chi connectivity index (χ4n) is 4.01. The molecular weight excluding hydrogens is 433 g/mol. The van der Waals surface area contributed by atoms with Gasteiger partial charge in [0.15, 0.2) is 0 Å². The van der Waals surface area contributed by atoms with E-state index in [1.807, 2.05) is 18.2 Å². The first kappa shape index (κ1) is 22.2. The molecule has 1 aliphatic rings. The van der Waals surface area contributed by atoms with E-state index in [2.05, 4.69) is 0 Å². The minimum atomic E-state index is -3.43. The highest BCUT2D eigenvalue weighted by atomic mass is 32.2. The smallest absolute Gasteiger partial charge is 0.307 e. The van der Waals surface area contributed by atoms with Gasteiger partial charge >= 0.3 is 5.97 Å². The number of nitrogens with zero attached hydrogens (tertiary/aromatic N) is 1. The van der Waals surface area contributed by atoms with Crippen molar-refractivity contribution < 1.29 is 27.4 Å². The monoisotopic (exact) mass is 457 g/mol. The highest BCUT2D eigenvalue weighted by Gasteiger charge is 2.29. The molecule has 0 unspecified atom stereocenters. The van der Waals surface area contributed by atoms with Crippen LogP contribution in [-0.4, -0.2) is 43.0 Å². The van der Waals surface area contributed by atoms with Gasteiger partial charge in [0.1, 0.15) is 17.7 Å². The van der Waals surface area contributed by atoms with Crippen LogP contribution < -0.4 is 4.74 Å². The number of carboxylic acid groups (broad SMARTS) is 1. The molecular formula is C24H24FNO5S. The zero-order valence-electron chi connectivity index (χ0n) is 17.4. The van der Waals surface area contributed by atoms with Crippen LogP contribution in [0, 0.1) is 5.82 Å². The first-order valence-electron chi connectivity index (χ1n) is 10.4. The van der Waals surface area contributed by atoms with Crippen LogP contribution in [0.2, 0.25) is 0 Å². The summed E-state index contributed by atoms with van der Waals surface area (Å²) in [6, 6.07) is 16.7. The second-order valence-electron chi connectivity index (χ2n) is 7.99. The van der Waals surface area contributed by atoms with Crippen molar-refractivity contribution in [2.24, 2.45) is 0 Å². The Labute approximate surface area is 186 Å². The minimum Gasteiger partial charge on any atom is -0.490 e. The Bertz CT molecular complexity index is 1220. The average molecular weight is 458 g/mol. The number of sulfonamides is 1. The maximum atomic E-state index is 13.8. The zero-order valence-corrected chi connectivity index (χ0v) is 18.2. The van der Waals surface area contributed by atoms with Crippen LogP contribution in [0.5, 0.6) is 5.75 Å². The number of ether oxygens (including phenoxy) is 1. The summed E-state index contributed by atoms with van der Waals surface area (Å²) >= 11 is 0. The van der Waals surface area contributed by atoms with Gasteiger partial charge in [0.25, 0.3) is 0 Å². The highest BCUT2D eigenvalue weighted by Crippen LogP contribution is 2.31. The first-order valence-corrected chi connectivity index (χ1v) is 12.0. The lowest BCUT2D eigenvalue weighted by atomic mass is 10.0. The average Bonchev–Trinajstić information content (AvgIpc) is 2.74. The van der Waals surface area contributed by atoms with Crippen molar-refractivity contribution in [2.45, 2.75) is 31.1 Å². The van der Waals surface area contributed by atoms with Gasteiger partial charge in [0.2, 0.25) is 10.0 Å². The van der Waals surface area contributed by atoms with Gasteiger partial charge in [0.05, 0.1) is 12.2 Å². The van der Waals surface area contributed by atoms with Crippen LogP contribution in [-0.2, 0) is 27.0 Å². The number of halogens is 1. The third-order valence-electron chi connectivity index (χ3n) is 5.57. The van der Waals surface area contributed by atoms with Gasteiger partial charge in [-0.25, -0.2) is 17.1 Å². The van der Waals surface area contributed by atoms with Gasteiger partial charge in [-0.3, -0.25) is 4.79 Å². The molecule has 8 heteroatoms. The summed E-state index contributed by atoms with van der Waals surface area (Å²) in [4.78, 5) is 11.2. The van der Waals surface area contributed by atoms with Crippen molar-refractivity contribution in [3.63, 3.8) is 0 Å². The Kier molecular flexibility index (Phi) is 6.43. The molecule has 0 atom stereocenters. The topological polar surface area (TPSA) is 83.9 Å². The molecule has 0 radical (unpaired) electrons. The second-order valence-corrected chi connectivity index (χ2v) is 9.96. The number of piperidine rings is 1. The molecule has 3 aromatic carbocycles. The van der Waals surface area contributed by atoms with Crippen LogP contribution in [0.3, 0.4) is 0 Å². The van der Waals surface area contributed by atoms with Crippen LogP contribution in [0.15, 0.2) is 60.7 Å². The maximum absolute atomic E-state index is 13.8. The standard InChI is InChI=1S/C24H24FNO5S/c25-20-7-6-19-12-18(14-24(27)28)13-23(22(19)15-20)31-21-8-10-26(11-9-21)32(29,30)16-17-4-2-1-3-5-17/h1-7,12-13,15,21H,8-11,14,16H2,(H,27,28). The van der Waals surface area contributed by atoms with Gasteiger partial charge in [0, 0.05) is 18.5 Å². The van der Waals surface area contributed by atoms with E-state index in [1.165, 1.54) is 16.4 Å². The van der Waals surface area contributed by atoms with Crippen LogP contribution in [0.4, 0.5) is 4.39 Å². The van der Waals surface area contributed by atoms with Gasteiger partial charge in [-0.2, -0.15) is 0 Å². The summed E-state index contributed by atoms with van der Waals surface area (Å²) in [7, 11) is -3.43. The fraction of sp³-hybridized carbons (Fsp3) is 0.292. The molecule has 1 aliphatic heterocycles.